The molecular weight excluding hydrogens is 360 g/mol. The Morgan fingerprint density at radius 3 is 2.25 bits per heavy atom. The van der Waals surface area contributed by atoms with Crippen molar-refractivity contribution in [2.24, 2.45) is 5.92 Å². The van der Waals surface area contributed by atoms with Crippen LogP contribution in [-0.4, -0.2) is 39.2 Å². The van der Waals surface area contributed by atoms with Crippen LogP contribution in [0.2, 0.25) is 0 Å². The van der Waals surface area contributed by atoms with Crippen molar-refractivity contribution in [1.82, 2.24) is 10.3 Å². The number of carbonyl (C=O) groups is 2. The highest BCUT2D eigenvalue weighted by Crippen LogP contribution is 2.16. The largest absolute Gasteiger partial charge is 0.489 e. The first-order chi connectivity index (χ1) is 13.3. The lowest BCUT2D eigenvalue weighted by Crippen LogP contribution is -2.48. The Bertz CT molecular complexity index is 762. The van der Waals surface area contributed by atoms with E-state index < -0.39 is 24.0 Å². The fraction of sp³-hybridized carbons (Fsp3) is 0.381. The van der Waals surface area contributed by atoms with Crippen LogP contribution in [0.15, 0.2) is 48.8 Å². The topological polar surface area (TPSA) is 109 Å². The molecule has 0 aliphatic heterocycles. The molecule has 150 valence electrons. The van der Waals surface area contributed by atoms with E-state index in [0.29, 0.717) is 18.8 Å². The number of benzene rings is 1. The molecule has 1 aromatic heterocycles. The molecule has 0 amide bonds. The predicted molar refractivity (Wildman–Crippen MR) is 104 cm³/mol. The third-order valence-electron chi connectivity index (χ3n) is 4.20. The van der Waals surface area contributed by atoms with E-state index in [1.165, 1.54) is 0 Å². The number of hydrogen-bond donors (Lipinski definition) is 3. The van der Waals surface area contributed by atoms with Crippen LogP contribution in [0.1, 0.15) is 31.4 Å². The van der Waals surface area contributed by atoms with Gasteiger partial charge in [-0.05, 0) is 42.5 Å². The fourth-order valence-corrected chi connectivity index (χ4v) is 2.78. The van der Waals surface area contributed by atoms with E-state index in [0.717, 1.165) is 11.1 Å². The fourth-order valence-electron chi connectivity index (χ4n) is 2.78. The molecule has 7 heteroatoms. The lowest BCUT2D eigenvalue weighted by molar-refractivity contribution is -0.142. The SMILES string of the molecule is CC(C)CC(NC(Cc1ccc(OCc2cccnc2)cc1)C(=O)O)C(=O)O. The Kier molecular flexibility index (Phi) is 7.95. The van der Waals surface area contributed by atoms with Gasteiger partial charge < -0.3 is 14.9 Å². The minimum absolute atomic E-state index is 0.138. The molecule has 0 spiro atoms. The Hall–Kier alpha value is -2.93. The van der Waals surface area contributed by atoms with Gasteiger partial charge in [0.05, 0.1) is 0 Å². The first-order valence-corrected chi connectivity index (χ1v) is 9.17. The summed E-state index contributed by atoms with van der Waals surface area (Å²) >= 11 is 0. The summed E-state index contributed by atoms with van der Waals surface area (Å²) in [5.74, 6) is -1.32. The van der Waals surface area contributed by atoms with Crippen LogP contribution >= 0.6 is 0 Å². The summed E-state index contributed by atoms with van der Waals surface area (Å²) < 4.78 is 5.69. The van der Waals surface area contributed by atoms with E-state index >= 15 is 0 Å². The highest BCUT2D eigenvalue weighted by Gasteiger charge is 2.26. The van der Waals surface area contributed by atoms with Crippen molar-refractivity contribution >= 4 is 11.9 Å². The van der Waals surface area contributed by atoms with Crippen LogP contribution in [-0.2, 0) is 22.6 Å². The van der Waals surface area contributed by atoms with Gasteiger partial charge in [-0.2, -0.15) is 0 Å². The van der Waals surface area contributed by atoms with Crippen molar-refractivity contribution in [1.29, 1.82) is 0 Å². The molecular formula is C21H26N2O5. The van der Waals surface area contributed by atoms with E-state index in [1.54, 1.807) is 36.7 Å². The third-order valence-corrected chi connectivity index (χ3v) is 4.20. The average Bonchev–Trinajstić information content (AvgIpc) is 2.66. The van der Waals surface area contributed by atoms with E-state index in [9.17, 15) is 19.8 Å². The lowest BCUT2D eigenvalue weighted by Gasteiger charge is -2.21. The first-order valence-electron chi connectivity index (χ1n) is 9.17. The molecule has 7 nitrogen and oxygen atoms in total. The van der Waals surface area contributed by atoms with Crippen molar-refractivity contribution in [3.8, 4) is 5.75 Å². The van der Waals surface area contributed by atoms with Crippen LogP contribution in [0.5, 0.6) is 5.75 Å². The van der Waals surface area contributed by atoms with Crippen molar-refractivity contribution in [3.63, 3.8) is 0 Å². The molecule has 0 aliphatic carbocycles. The van der Waals surface area contributed by atoms with E-state index in [4.69, 9.17) is 4.74 Å². The second kappa shape index (κ2) is 10.4. The average molecular weight is 386 g/mol. The summed E-state index contributed by atoms with van der Waals surface area (Å²) in [4.78, 5) is 27.0. The highest BCUT2D eigenvalue weighted by atomic mass is 16.5. The molecule has 2 rings (SSSR count). The van der Waals surface area contributed by atoms with Gasteiger partial charge in [-0.1, -0.05) is 32.0 Å². The predicted octanol–water partition coefficient (Wildman–Crippen LogP) is 2.75. The normalized spacial score (nSPS) is 13.1. The van der Waals surface area contributed by atoms with Crippen LogP contribution in [0.3, 0.4) is 0 Å². The second-order valence-electron chi connectivity index (χ2n) is 7.08. The molecule has 0 bridgehead atoms. The maximum atomic E-state index is 11.6. The van der Waals surface area contributed by atoms with Crippen molar-refractivity contribution < 1.29 is 24.5 Å². The third kappa shape index (κ3) is 7.00. The molecule has 28 heavy (non-hydrogen) atoms. The number of ether oxygens (including phenoxy) is 1. The standard InChI is InChI=1S/C21H26N2O5/c1-14(2)10-18(20(24)25)23-19(21(26)27)11-15-5-7-17(8-6-15)28-13-16-4-3-9-22-12-16/h3-9,12,14,18-19,23H,10-11,13H2,1-2H3,(H,24,25)(H,26,27). The van der Waals surface area contributed by atoms with Crippen molar-refractivity contribution in [2.75, 3.05) is 0 Å². The molecule has 0 saturated heterocycles. The number of carboxylic acids is 2. The zero-order valence-electron chi connectivity index (χ0n) is 16.0. The number of nitrogens with zero attached hydrogens (tertiary/aromatic N) is 1. The number of hydrogen-bond acceptors (Lipinski definition) is 5. The van der Waals surface area contributed by atoms with E-state index in [1.807, 2.05) is 26.0 Å². The monoisotopic (exact) mass is 386 g/mol. The van der Waals surface area contributed by atoms with E-state index in [2.05, 4.69) is 10.3 Å². The summed E-state index contributed by atoms with van der Waals surface area (Å²) in [6.45, 7) is 4.19. The molecule has 2 atom stereocenters. The summed E-state index contributed by atoms with van der Waals surface area (Å²) in [6.07, 6.45) is 3.97. The number of pyridine rings is 1. The molecule has 1 aromatic carbocycles. The number of carboxylic acid groups (broad SMARTS) is 2. The van der Waals surface area contributed by atoms with Crippen LogP contribution in [0, 0.1) is 5.92 Å². The maximum Gasteiger partial charge on any atom is 0.321 e. The summed E-state index contributed by atoms with van der Waals surface area (Å²) in [6, 6.07) is 8.99. The summed E-state index contributed by atoms with van der Waals surface area (Å²) in [5, 5.41) is 21.6. The Balaban J connectivity index is 1.97. The van der Waals surface area contributed by atoms with Crippen LogP contribution in [0.25, 0.3) is 0 Å². The number of aliphatic carboxylic acids is 2. The van der Waals surface area contributed by atoms with Gasteiger partial charge in [-0.25, -0.2) is 0 Å². The van der Waals surface area contributed by atoms with Gasteiger partial charge >= 0.3 is 11.9 Å². The summed E-state index contributed by atoms with van der Waals surface area (Å²) in [7, 11) is 0. The molecule has 2 unspecified atom stereocenters. The first kappa shape index (κ1) is 21.4. The molecule has 0 saturated carbocycles. The smallest absolute Gasteiger partial charge is 0.321 e. The Labute approximate surface area is 164 Å². The number of nitrogens with one attached hydrogen (secondary N) is 1. The maximum absolute atomic E-state index is 11.6. The Morgan fingerprint density at radius 1 is 1.04 bits per heavy atom. The van der Waals surface area contributed by atoms with E-state index in [-0.39, 0.29) is 12.3 Å². The second-order valence-corrected chi connectivity index (χ2v) is 7.08. The van der Waals surface area contributed by atoms with Gasteiger partial charge in [-0.3, -0.25) is 19.9 Å². The molecule has 2 aromatic rings. The summed E-state index contributed by atoms with van der Waals surface area (Å²) in [5.41, 5.74) is 1.73. The number of aromatic nitrogens is 1. The van der Waals surface area contributed by atoms with Crippen LogP contribution < -0.4 is 10.1 Å². The lowest BCUT2D eigenvalue weighted by atomic mass is 10.0. The minimum atomic E-state index is -1.08. The van der Waals surface area contributed by atoms with Crippen LogP contribution in [0.4, 0.5) is 0 Å². The van der Waals surface area contributed by atoms with Gasteiger partial charge in [0.1, 0.15) is 24.4 Å². The zero-order valence-corrected chi connectivity index (χ0v) is 16.0. The van der Waals surface area contributed by atoms with Gasteiger partial charge in [0, 0.05) is 18.0 Å². The molecule has 3 N–H and O–H groups in total. The molecule has 0 aliphatic rings. The van der Waals surface area contributed by atoms with Crippen molar-refractivity contribution in [3.05, 3.63) is 59.9 Å². The molecule has 0 fully saturated rings. The van der Waals surface area contributed by atoms with Gasteiger partial charge in [0.2, 0.25) is 0 Å². The quantitative estimate of drug-likeness (QED) is 0.545. The zero-order chi connectivity index (χ0) is 20.5. The van der Waals surface area contributed by atoms with Gasteiger partial charge in [0.15, 0.2) is 0 Å². The minimum Gasteiger partial charge on any atom is -0.489 e. The van der Waals surface area contributed by atoms with Gasteiger partial charge in [0.25, 0.3) is 0 Å². The molecule has 1 heterocycles. The van der Waals surface area contributed by atoms with Crippen molar-refractivity contribution in [2.45, 2.75) is 45.4 Å². The molecule has 0 radical (unpaired) electrons. The number of rotatable bonds is 11. The highest BCUT2D eigenvalue weighted by molar-refractivity contribution is 5.77. The Morgan fingerprint density at radius 2 is 1.71 bits per heavy atom. The van der Waals surface area contributed by atoms with Gasteiger partial charge in [-0.15, -0.1) is 0 Å².